The van der Waals surface area contributed by atoms with Gasteiger partial charge in [-0.05, 0) is 62.1 Å². The van der Waals surface area contributed by atoms with E-state index < -0.39 is 24.9 Å². The summed E-state index contributed by atoms with van der Waals surface area (Å²) in [6.45, 7) is 30.9. The van der Waals surface area contributed by atoms with Gasteiger partial charge in [-0.25, -0.2) is 0 Å². The summed E-state index contributed by atoms with van der Waals surface area (Å²) in [4.78, 5) is 13.2. The molecule has 0 aliphatic rings. The Morgan fingerprint density at radius 2 is 1.32 bits per heavy atom. The monoisotopic (exact) mass is 489 g/mol. The molecule has 1 unspecified atom stereocenters. The zero-order valence-corrected chi connectivity index (χ0v) is 26.2. The molecule has 0 aromatic carbocycles. The van der Waals surface area contributed by atoms with Crippen LogP contribution in [0.4, 0.5) is 0 Å². The minimum absolute atomic E-state index is 0.000000416. The molecule has 0 saturated heterocycles. The van der Waals surface area contributed by atoms with Crippen molar-refractivity contribution in [3.05, 3.63) is 0 Å². The molecule has 0 aromatic heterocycles. The van der Waals surface area contributed by atoms with E-state index in [1.807, 2.05) is 0 Å². The van der Waals surface area contributed by atoms with Crippen molar-refractivity contribution < 1.29 is 13.6 Å². The highest BCUT2D eigenvalue weighted by atomic mass is 28.4. The van der Waals surface area contributed by atoms with Crippen LogP contribution in [-0.4, -0.2) is 54.6 Å². The van der Waals surface area contributed by atoms with Crippen LogP contribution in [0.5, 0.6) is 0 Å². The number of hydrogen-bond acceptors (Lipinski definition) is 4. The first kappa shape index (κ1) is 31.0. The number of unbranched alkanes of at least 4 members (excludes halogenated alkanes) is 1. The molecule has 0 N–H and O–H groups in total. The van der Waals surface area contributed by atoms with Crippen LogP contribution in [0.1, 0.15) is 74.7 Å². The summed E-state index contributed by atoms with van der Waals surface area (Å²) in [6, 6.07) is 1.19. The van der Waals surface area contributed by atoms with Gasteiger partial charge < -0.3 is 13.4 Å². The fourth-order valence-corrected chi connectivity index (χ4v) is 14.0. The van der Waals surface area contributed by atoms with Crippen LogP contribution >= 0.6 is 0 Å². The molecule has 0 bridgehead atoms. The average Bonchev–Trinajstić information content (AvgIpc) is 2.59. The van der Waals surface area contributed by atoms with Gasteiger partial charge in [-0.3, -0.25) is 4.79 Å². The van der Waals surface area contributed by atoms with E-state index in [9.17, 15) is 4.79 Å². The molecule has 0 radical (unpaired) electrons. The first-order valence-electron chi connectivity index (χ1n) is 12.6. The molecule has 1 atom stereocenters. The molecule has 0 aliphatic carbocycles. The van der Waals surface area contributed by atoms with Crippen molar-refractivity contribution in [3.8, 4) is 0 Å². The molecule has 0 aliphatic heterocycles. The summed E-state index contributed by atoms with van der Waals surface area (Å²) in [5.74, 6) is 0.000000416. The van der Waals surface area contributed by atoms with Gasteiger partial charge in [0, 0.05) is 6.10 Å². The van der Waals surface area contributed by atoms with Crippen molar-refractivity contribution in [2.75, 3.05) is 13.1 Å². The molecular weight excluding hydrogens is 435 g/mol. The fourth-order valence-electron chi connectivity index (χ4n) is 4.93. The SMILES string of the molecule is CCC(C)O[Si](C)(C)CCCCN(CC(=O)O[Si](C(C)C)(C(C)C)C(C)C)[Si](C)(C)C. The lowest BCUT2D eigenvalue weighted by Crippen LogP contribution is -2.54. The minimum Gasteiger partial charge on any atom is -0.517 e. The number of hydrogen-bond donors (Lipinski definition) is 0. The fraction of sp³-hybridized carbons (Fsp3) is 0.958. The highest BCUT2D eigenvalue weighted by molar-refractivity contribution is 6.79. The Morgan fingerprint density at radius 3 is 1.71 bits per heavy atom. The Kier molecular flexibility index (Phi) is 13.1. The van der Waals surface area contributed by atoms with Crippen molar-refractivity contribution in [2.45, 2.75) is 136 Å². The second-order valence-corrected chi connectivity index (χ2v) is 26.5. The lowest BCUT2D eigenvalue weighted by Gasteiger charge is -2.42. The van der Waals surface area contributed by atoms with Crippen LogP contribution in [0.2, 0.25) is 55.4 Å². The van der Waals surface area contributed by atoms with Crippen LogP contribution in [0.3, 0.4) is 0 Å². The lowest BCUT2D eigenvalue weighted by molar-refractivity contribution is -0.136. The van der Waals surface area contributed by atoms with Gasteiger partial charge in [0.15, 0.2) is 8.32 Å². The van der Waals surface area contributed by atoms with Gasteiger partial charge in [-0.2, -0.15) is 0 Å². The van der Waals surface area contributed by atoms with Crippen molar-refractivity contribution in [1.29, 1.82) is 0 Å². The quantitative estimate of drug-likeness (QED) is 0.175. The van der Waals surface area contributed by atoms with Crippen LogP contribution < -0.4 is 0 Å². The average molecular weight is 490 g/mol. The Hall–Kier alpha value is 0.0406. The predicted molar refractivity (Wildman–Crippen MR) is 144 cm³/mol. The van der Waals surface area contributed by atoms with Gasteiger partial charge in [0.25, 0.3) is 8.32 Å². The first-order chi connectivity index (χ1) is 14.0. The van der Waals surface area contributed by atoms with Crippen molar-refractivity contribution in [2.24, 2.45) is 0 Å². The van der Waals surface area contributed by atoms with Gasteiger partial charge in [0.1, 0.15) is 8.24 Å². The van der Waals surface area contributed by atoms with Crippen LogP contribution in [0.25, 0.3) is 0 Å². The minimum atomic E-state index is -2.17. The largest absolute Gasteiger partial charge is 0.517 e. The van der Waals surface area contributed by atoms with Gasteiger partial charge in [-0.1, -0.05) is 74.5 Å². The maximum atomic E-state index is 13.2. The molecule has 0 fully saturated rings. The van der Waals surface area contributed by atoms with Crippen LogP contribution in [0, 0.1) is 0 Å². The topological polar surface area (TPSA) is 38.8 Å². The van der Waals surface area contributed by atoms with E-state index >= 15 is 0 Å². The van der Waals surface area contributed by atoms with Gasteiger partial charge >= 0.3 is 5.97 Å². The van der Waals surface area contributed by atoms with Gasteiger partial charge in [-0.15, -0.1) is 0 Å². The van der Waals surface area contributed by atoms with E-state index in [1.165, 1.54) is 12.5 Å². The number of carbonyl (C=O) groups is 1. The van der Waals surface area contributed by atoms with E-state index in [0.29, 0.717) is 29.3 Å². The summed E-state index contributed by atoms with van der Waals surface area (Å²) < 4.78 is 15.2. The van der Waals surface area contributed by atoms with E-state index in [-0.39, 0.29) is 5.97 Å². The van der Waals surface area contributed by atoms with E-state index in [2.05, 4.69) is 92.7 Å². The zero-order chi connectivity index (χ0) is 24.6. The highest BCUT2D eigenvalue weighted by Gasteiger charge is 2.48. The molecule has 0 rings (SSSR count). The number of nitrogens with zero attached hydrogens (tertiary/aromatic N) is 1. The third kappa shape index (κ3) is 10.2. The molecule has 0 heterocycles. The first-order valence-corrected chi connectivity index (χ1v) is 21.3. The molecule has 7 heteroatoms. The van der Waals surface area contributed by atoms with Gasteiger partial charge in [0.05, 0.1) is 6.54 Å². The van der Waals surface area contributed by atoms with Crippen LogP contribution in [-0.2, 0) is 13.6 Å². The Morgan fingerprint density at radius 1 is 0.839 bits per heavy atom. The maximum absolute atomic E-state index is 13.2. The maximum Gasteiger partial charge on any atom is 0.306 e. The molecule has 31 heavy (non-hydrogen) atoms. The predicted octanol–water partition coefficient (Wildman–Crippen LogP) is 7.64. The smallest absolute Gasteiger partial charge is 0.306 e. The third-order valence-electron chi connectivity index (χ3n) is 6.82. The summed E-state index contributed by atoms with van der Waals surface area (Å²) in [6.07, 6.45) is 3.74. The number of carbonyl (C=O) groups excluding carboxylic acids is 1. The Bertz CT molecular complexity index is 509. The summed E-state index contributed by atoms with van der Waals surface area (Å²) >= 11 is 0. The Balaban J connectivity index is 5.03. The molecule has 0 aromatic rings. The lowest BCUT2D eigenvalue weighted by atomic mass is 10.3. The molecule has 4 nitrogen and oxygen atoms in total. The molecular formula is C24H55NO3Si3. The molecule has 0 spiro atoms. The summed E-state index contributed by atoms with van der Waals surface area (Å²) in [5.41, 5.74) is 1.28. The molecule has 186 valence electrons. The van der Waals surface area contributed by atoms with E-state index in [0.717, 1.165) is 19.4 Å². The molecule has 0 saturated carbocycles. The highest BCUT2D eigenvalue weighted by Crippen LogP contribution is 2.42. The second-order valence-electron chi connectivity index (χ2n) is 11.9. The van der Waals surface area contributed by atoms with E-state index in [1.54, 1.807) is 0 Å². The van der Waals surface area contributed by atoms with Crippen molar-refractivity contribution >= 4 is 30.8 Å². The van der Waals surface area contributed by atoms with E-state index in [4.69, 9.17) is 8.85 Å². The summed E-state index contributed by atoms with van der Waals surface area (Å²) in [7, 11) is -5.38. The zero-order valence-electron chi connectivity index (χ0n) is 23.2. The normalized spacial score (nSPS) is 14.7. The van der Waals surface area contributed by atoms with Gasteiger partial charge in [0.2, 0.25) is 0 Å². The van der Waals surface area contributed by atoms with Crippen molar-refractivity contribution in [1.82, 2.24) is 4.57 Å². The summed E-state index contributed by atoms with van der Waals surface area (Å²) in [5, 5.41) is 0. The number of rotatable bonds is 15. The third-order valence-corrected chi connectivity index (χ3v) is 17.7. The van der Waals surface area contributed by atoms with Crippen LogP contribution in [0.15, 0.2) is 0 Å². The standard InChI is InChI=1S/C24H55NO3Si3/c1-14-23(8)27-30(12,13)18-16-15-17-25(29(9,10)11)19-24(26)28-31(20(2)3,21(4)5)22(6)7/h20-23H,14-19H2,1-13H3. The Labute approximate surface area is 198 Å². The molecule has 0 amide bonds. The second kappa shape index (κ2) is 13.1. The van der Waals surface area contributed by atoms with Crippen molar-refractivity contribution in [3.63, 3.8) is 0 Å².